The maximum absolute atomic E-state index is 14.4. The van der Waals surface area contributed by atoms with Crippen molar-refractivity contribution >= 4 is 11.4 Å². The van der Waals surface area contributed by atoms with Crippen LogP contribution >= 0.6 is 0 Å². The molecule has 168 valence electrons. The normalized spacial score (nSPS) is 19.5. The Bertz CT molecular complexity index is 1330. The van der Waals surface area contributed by atoms with Gasteiger partial charge in [0.2, 0.25) is 5.82 Å². The van der Waals surface area contributed by atoms with E-state index >= 15 is 0 Å². The third-order valence-electron chi connectivity index (χ3n) is 5.66. The van der Waals surface area contributed by atoms with Gasteiger partial charge < -0.3 is 9.68 Å². The Morgan fingerprint density at radius 2 is 1.33 bits per heavy atom. The maximum atomic E-state index is 14.4. The molecule has 1 aromatic heterocycles. The first-order valence-corrected chi connectivity index (χ1v) is 10.6. The summed E-state index contributed by atoms with van der Waals surface area (Å²) in [5.74, 6) is -1.01. The van der Waals surface area contributed by atoms with Crippen molar-refractivity contribution < 1.29 is 14.1 Å². The number of hydrogen-bond acceptors (Lipinski definition) is 6. The average molecular weight is 448 g/mol. The quantitative estimate of drug-likeness (QED) is 0.580. The molecule has 2 aromatic carbocycles. The molecular formula is C24H21FN4O4. The number of benzene rings is 2. The number of oxime groups is 2. The van der Waals surface area contributed by atoms with E-state index in [0.717, 1.165) is 37.9 Å². The highest BCUT2D eigenvalue weighted by Crippen LogP contribution is 2.19. The van der Waals surface area contributed by atoms with Gasteiger partial charge in [-0.2, -0.15) is 4.39 Å². The van der Waals surface area contributed by atoms with Gasteiger partial charge in [0.05, 0.1) is 30.7 Å². The third kappa shape index (κ3) is 4.34. The predicted molar refractivity (Wildman–Crippen MR) is 120 cm³/mol. The number of nitrogens with zero attached hydrogens (tertiary/aromatic N) is 4. The zero-order chi connectivity index (χ0) is 22.8. The van der Waals surface area contributed by atoms with Crippen molar-refractivity contribution in [3.05, 3.63) is 105 Å². The van der Waals surface area contributed by atoms with E-state index in [1.807, 2.05) is 60.7 Å². The van der Waals surface area contributed by atoms with Crippen molar-refractivity contribution in [3.63, 3.8) is 0 Å². The molecule has 3 aromatic rings. The molecular weight excluding hydrogens is 427 g/mol. The minimum absolute atomic E-state index is 0.0627. The van der Waals surface area contributed by atoms with Crippen LogP contribution in [0, 0.1) is 5.82 Å². The number of aromatic nitrogens is 2. The van der Waals surface area contributed by atoms with Crippen LogP contribution in [0.5, 0.6) is 0 Å². The number of hydrogen-bond donors (Lipinski definition) is 0. The van der Waals surface area contributed by atoms with Crippen LogP contribution in [0.3, 0.4) is 0 Å². The Labute approximate surface area is 188 Å². The van der Waals surface area contributed by atoms with Crippen LogP contribution in [0.4, 0.5) is 4.39 Å². The lowest BCUT2D eigenvalue weighted by molar-refractivity contribution is 0.0648. The summed E-state index contributed by atoms with van der Waals surface area (Å²) in [6.45, 7) is -0.0420. The summed E-state index contributed by atoms with van der Waals surface area (Å²) in [4.78, 5) is 36.3. The highest BCUT2D eigenvalue weighted by Gasteiger charge is 2.27. The van der Waals surface area contributed by atoms with Gasteiger partial charge in [0, 0.05) is 12.8 Å². The van der Waals surface area contributed by atoms with Gasteiger partial charge in [0.25, 0.3) is 5.56 Å². The lowest BCUT2D eigenvalue weighted by Crippen LogP contribution is -2.44. The number of halogens is 1. The van der Waals surface area contributed by atoms with E-state index in [4.69, 9.17) is 9.68 Å². The van der Waals surface area contributed by atoms with E-state index in [0.29, 0.717) is 12.8 Å². The van der Waals surface area contributed by atoms with Crippen molar-refractivity contribution in [2.24, 2.45) is 10.3 Å². The first kappa shape index (κ1) is 20.9. The molecule has 2 aliphatic heterocycles. The number of rotatable bonds is 6. The molecule has 5 rings (SSSR count). The molecule has 0 saturated carbocycles. The molecule has 0 aliphatic carbocycles. The van der Waals surface area contributed by atoms with Gasteiger partial charge in [0.15, 0.2) is 12.2 Å². The van der Waals surface area contributed by atoms with Crippen LogP contribution < -0.4 is 11.2 Å². The van der Waals surface area contributed by atoms with Gasteiger partial charge in [-0.25, -0.2) is 4.79 Å². The minimum atomic E-state index is -1.01. The summed E-state index contributed by atoms with van der Waals surface area (Å²) in [5.41, 5.74) is 1.69. The van der Waals surface area contributed by atoms with Crippen molar-refractivity contribution in [2.75, 3.05) is 0 Å². The maximum Gasteiger partial charge on any atom is 0.331 e. The highest BCUT2D eigenvalue weighted by molar-refractivity contribution is 6.01. The molecule has 0 fully saturated rings. The predicted octanol–water partition coefficient (Wildman–Crippen LogP) is 2.54. The van der Waals surface area contributed by atoms with Crippen LogP contribution in [0.15, 0.2) is 86.8 Å². The van der Waals surface area contributed by atoms with Gasteiger partial charge in [-0.05, 0) is 11.1 Å². The molecule has 2 aliphatic rings. The fourth-order valence-electron chi connectivity index (χ4n) is 3.99. The summed E-state index contributed by atoms with van der Waals surface area (Å²) in [6.07, 6.45) is 0.811. The average Bonchev–Trinajstić information content (AvgIpc) is 3.51. The molecule has 0 N–H and O–H groups in total. The van der Waals surface area contributed by atoms with Crippen molar-refractivity contribution in [2.45, 2.75) is 38.1 Å². The molecule has 2 atom stereocenters. The summed E-state index contributed by atoms with van der Waals surface area (Å²) in [5, 5.41) is 8.17. The molecule has 3 heterocycles. The van der Waals surface area contributed by atoms with E-state index in [1.165, 1.54) is 0 Å². The second-order valence-corrected chi connectivity index (χ2v) is 8.00. The van der Waals surface area contributed by atoms with Gasteiger partial charge in [-0.3, -0.25) is 13.9 Å². The minimum Gasteiger partial charge on any atom is -0.390 e. The highest BCUT2D eigenvalue weighted by atomic mass is 19.1. The smallest absolute Gasteiger partial charge is 0.331 e. The molecule has 0 unspecified atom stereocenters. The van der Waals surface area contributed by atoms with Crippen LogP contribution in [-0.4, -0.2) is 32.8 Å². The summed E-state index contributed by atoms with van der Waals surface area (Å²) in [7, 11) is 0. The standard InChI is InChI=1S/C24H21FN4O4/c25-20-15-28(13-18-11-21(26-32-18)16-7-3-1-4-8-16)24(31)29(23(20)30)14-19-12-22(27-33-19)17-9-5-2-6-10-17/h1-10,15,18-19H,11-14H2/t18-,19-/m1/s1. The van der Waals surface area contributed by atoms with E-state index in [9.17, 15) is 14.0 Å². The molecule has 9 heteroatoms. The van der Waals surface area contributed by atoms with Crippen LogP contribution in [0.1, 0.15) is 24.0 Å². The second-order valence-electron chi connectivity index (χ2n) is 8.00. The van der Waals surface area contributed by atoms with Gasteiger partial charge >= 0.3 is 5.69 Å². The monoisotopic (exact) mass is 448 g/mol. The Balaban J connectivity index is 1.30. The molecule has 8 nitrogen and oxygen atoms in total. The fraction of sp³-hybridized carbons (Fsp3) is 0.250. The zero-order valence-corrected chi connectivity index (χ0v) is 17.6. The van der Waals surface area contributed by atoms with Gasteiger partial charge in [-0.1, -0.05) is 71.0 Å². The molecule has 33 heavy (non-hydrogen) atoms. The summed E-state index contributed by atoms with van der Waals surface area (Å²) >= 11 is 0. The Hall–Kier alpha value is -4.01. The lowest BCUT2D eigenvalue weighted by Gasteiger charge is -2.15. The van der Waals surface area contributed by atoms with Crippen LogP contribution in [0.25, 0.3) is 0 Å². The first-order chi connectivity index (χ1) is 16.1. The molecule has 0 saturated heterocycles. The van der Waals surface area contributed by atoms with Gasteiger partial charge in [-0.15, -0.1) is 0 Å². The van der Waals surface area contributed by atoms with Crippen molar-refractivity contribution in [3.8, 4) is 0 Å². The Morgan fingerprint density at radius 1 is 0.818 bits per heavy atom. The molecule has 0 radical (unpaired) electrons. The SMILES string of the molecule is O=c1c(F)cn(C[C@H]2CC(c3ccccc3)=NO2)c(=O)n1C[C@H]1CC(c2ccccc2)=NO1. The largest absolute Gasteiger partial charge is 0.390 e. The van der Waals surface area contributed by atoms with Gasteiger partial charge in [0.1, 0.15) is 0 Å². The van der Waals surface area contributed by atoms with E-state index in [2.05, 4.69) is 10.3 Å². The molecule has 0 bridgehead atoms. The van der Waals surface area contributed by atoms with E-state index in [1.54, 1.807) is 0 Å². The van der Waals surface area contributed by atoms with E-state index < -0.39 is 29.3 Å². The Morgan fingerprint density at radius 3 is 1.88 bits per heavy atom. The molecule has 0 amide bonds. The Kier molecular flexibility index (Phi) is 5.60. The second kappa shape index (κ2) is 8.85. The summed E-state index contributed by atoms with van der Waals surface area (Å²) < 4.78 is 16.4. The van der Waals surface area contributed by atoms with E-state index in [-0.39, 0.29) is 13.1 Å². The lowest BCUT2D eigenvalue weighted by atomic mass is 10.1. The first-order valence-electron chi connectivity index (χ1n) is 10.6. The van der Waals surface area contributed by atoms with Crippen molar-refractivity contribution in [1.29, 1.82) is 0 Å². The van der Waals surface area contributed by atoms with Crippen LogP contribution in [-0.2, 0) is 22.8 Å². The fourth-order valence-corrected chi connectivity index (χ4v) is 3.99. The van der Waals surface area contributed by atoms with Crippen molar-refractivity contribution in [1.82, 2.24) is 9.13 Å². The van der Waals surface area contributed by atoms with Crippen LogP contribution in [0.2, 0.25) is 0 Å². The zero-order valence-electron chi connectivity index (χ0n) is 17.6. The topological polar surface area (TPSA) is 87.2 Å². The third-order valence-corrected chi connectivity index (χ3v) is 5.66. The summed E-state index contributed by atoms with van der Waals surface area (Å²) in [6, 6.07) is 19.0. The molecule has 0 spiro atoms.